The predicted molar refractivity (Wildman–Crippen MR) is 72.9 cm³/mol. The maximum Gasteiger partial charge on any atom is 0.158 e. The van der Waals surface area contributed by atoms with E-state index in [4.69, 9.17) is 4.74 Å². The van der Waals surface area contributed by atoms with Crippen molar-refractivity contribution in [3.05, 3.63) is 42.0 Å². The number of rotatable bonds is 3. The van der Waals surface area contributed by atoms with Gasteiger partial charge in [0.05, 0.1) is 6.10 Å². The van der Waals surface area contributed by atoms with E-state index in [0.717, 1.165) is 24.2 Å². The summed E-state index contributed by atoms with van der Waals surface area (Å²) in [5.41, 5.74) is 2.05. The Morgan fingerprint density at radius 1 is 1.28 bits per heavy atom. The van der Waals surface area contributed by atoms with Crippen LogP contribution >= 0.6 is 0 Å². The van der Waals surface area contributed by atoms with Gasteiger partial charge in [0, 0.05) is 6.42 Å². The van der Waals surface area contributed by atoms with Crippen molar-refractivity contribution >= 4 is 5.78 Å². The summed E-state index contributed by atoms with van der Waals surface area (Å²) in [5.74, 6) is 1.56. The second kappa shape index (κ2) is 5.38. The summed E-state index contributed by atoms with van der Waals surface area (Å²) in [7, 11) is 0. The lowest BCUT2D eigenvalue weighted by molar-refractivity contribution is -0.116. The molecular weight excluding hydrogens is 224 g/mol. The number of hydrogen-bond donors (Lipinski definition) is 0. The van der Waals surface area contributed by atoms with E-state index in [1.165, 1.54) is 5.56 Å². The van der Waals surface area contributed by atoms with Gasteiger partial charge >= 0.3 is 0 Å². The molecule has 2 heteroatoms. The Hall–Kier alpha value is -1.57. The minimum Gasteiger partial charge on any atom is -0.491 e. The standard InChI is InChI=1S/C16H20O2/c1-11(2)18-15-7-4-13(5-8-15)14-6-9-16(17)12(3)10-14/h4-5,7-8,11,14H,3,6,9-10H2,1-2H3. The Morgan fingerprint density at radius 3 is 2.50 bits per heavy atom. The van der Waals surface area contributed by atoms with Gasteiger partial charge in [-0.2, -0.15) is 0 Å². The van der Waals surface area contributed by atoms with Gasteiger partial charge in [-0.3, -0.25) is 4.79 Å². The van der Waals surface area contributed by atoms with Crippen molar-refractivity contribution in [1.82, 2.24) is 0 Å². The number of ether oxygens (including phenoxy) is 1. The lowest BCUT2D eigenvalue weighted by atomic mass is 9.81. The summed E-state index contributed by atoms with van der Waals surface area (Å²) in [6, 6.07) is 8.22. The van der Waals surface area contributed by atoms with Crippen molar-refractivity contribution in [2.24, 2.45) is 0 Å². The smallest absolute Gasteiger partial charge is 0.158 e. The largest absolute Gasteiger partial charge is 0.491 e. The lowest BCUT2D eigenvalue weighted by Gasteiger charge is -2.23. The highest BCUT2D eigenvalue weighted by Gasteiger charge is 2.23. The number of allylic oxidation sites excluding steroid dienone is 1. The van der Waals surface area contributed by atoms with Crippen LogP contribution in [0.5, 0.6) is 5.75 Å². The molecule has 0 aliphatic heterocycles. The van der Waals surface area contributed by atoms with Crippen LogP contribution in [-0.2, 0) is 4.79 Å². The van der Waals surface area contributed by atoms with Crippen LogP contribution < -0.4 is 4.74 Å². The van der Waals surface area contributed by atoms with E-state index in [1.807, 2.05) is 26.0 Å². The van der Waals surface area contributed by atoms with Crippen LogP contribution in [0.15, 0.2) is 36.4 Å². The molecule has 0 radical (unpaired) electrons. The molecule has 2 nitrogen and oxygen atoms in total. The van der Waals surface area contributed by atoms with E-state index in [9.17, 15) is 4.79 Å². The van der Waals surface area contributed by atoms with Crippen molar-refractivity contribution in [2.75, 3.05) is 0 Å². The van der Waals surface area contributed by atoms with Crippen LogP contribution in [0.25, 0.3) is 0 Å². The van der Waals surface area contributed by atoms with Gasteiger partial charge in [-0.15, -0.1) is 0 Å². The normalized spacial score (nSPS) is 20.3. The third-order valence-corrected chi connectivity index (χ3v) is 3.33. The van der Waals surface area contributed by atoms with Gasteiger partial charge in [0.2, 0.25) is 0 Å². The monoisotopic (exact) mass is 244 g/mol. The molecule has 0 saturated heterocycles. The number of carbonyl (C=O) groups excluding carboxylic acids is 1. The molecule has 1 saturated carbocycles. The van der Waals surface area contributed by atoms with Gasteiger partial charge in [-0.05, 0) is 55.9 Å². The van der Waals surface area contributed by atoms with Gasteiger partial charge in [-0.1, -0.05) is 18.7 Å². The molecule has 1 fully saturated rings. The number of benzene rings is 1. The highest BCUT2D eigenvalue weighted by Crippen LogP contribution is 2.34. The van der Waals surface area contributed by atoms with Crippen molar-refractivity contribution in [1.29, 1.82) is 0 Å². The molecule has 1 atom stereocenters. The summed E-state index contributed by atoms with van der Waals surface area (Å²) in [6.07, 6.45) is 2.56. The van der Waals surface area contributed by atoms with Crippen molar-refractivity contribution in [3.63, 3.8) is 0 Å². The Labute approximate surface area is 109 Å². The predicted octanol–water partition coefficient (Wildman–Crippen LogP) is 3.87. The Kier molecular flexibility index (Phi) is 3.85. The lowest BCUT2D eigenvalue weighted by Crippen LogP contribution is -2.15. The SMILES string of the molecule is C=C1CC(c2ccc(OC(C)C)cc2)CCC1=O. The molecule has 1 aromatic carbocycles. The van der Waals surface area contributed by atoms with Crippen molar-refractivity contribution in [3.8, 4) is 5.75 Å². The van der Waals surface area contributed by atoms with Gasteiger partial charge < -0.3 is 4.74 Å². The van der Waals surface area contributed by atoms with Gasteiger partial charge in [0.15, 0.2) is 5.78 Å². The first-order valence-electron chi connectivity index (χ1n) is 6.54. The molecule has 0 bridgehead atoms. The maximum absolute atomic E-state index is 11.4. The molecule has 0 aromatic heterocycles. The van der Waals surface area contributed by atoms with E-state index in [1.54, 1.807) is 0 Å². The summed E-state index contributed by atoms with van der Waals surface area (Å²) in [4.78, 5) is 11.4. The van der Waals surface area contributed by atoms with Gasteiger partial charge in [-0.25, -0.2) is 0 Å². The fourth-order valence-electron chi connectivity index (χ4n) is 2.37. The zero-order valence-corrected chi connectivity index (χ0v) is 11.1. The fraction of sp³-hybridized carbons (Fsp3) is 0.438. The summed E-state index contributed by atoms with van der Waals surface area (Å²) in [5, 5.41) is 0. The van der Waals surface area contributed by atoms with E-state index in [0.29, 0.717) is 12.3 Å². The zero-order valence-electron chi connectivity index (χ0n) is 11.1. The molecule has 1 aromatic rings. The molecule has 0 amide bonds. The first kappa shape index (κ1) is 12.9. The van der Waals surface area contributed by atoms with Crippen molar-refractivity contribution in [2.45, 2.75) is 45.1 Å². The summed E-state index contributed by atoms with van der Waals surface area (Å²) >= 11 is 0. The van der Waals surface area contributed by atoms with Crippen LogP contribution in [0.2, 0.25) is 0 Å². The first-order valence-corrected chi connectivity index (χ1v) is 6.54. The molecule has 1 unspecified atom stereocenters. The fourth-order valence-corrected chi connectivity index (χ4v) is 2.37. The molecule has 2 rings (SSSR count). The van der Waals surface area contributed by atoms with Crippen LogP contribution in [-0.4, -0.2) is 11.9 Å². The molecule has 0 heterocycles. The minimum atomic E-state index is 0.197. The summed E-state index contributed by atoms with van der Waals surface area (Å²) < 4.78 is 5.62. The van der Waals surface area contributed by atoms with Crippen LogP contribution in [0, 0.1) is 0 Å². The zero-order chi connectivity index (χ0) is 13.1. The third kappa shape index (κ3) is 3.00. The molecule has 1 aliphatic carbocycles. The molecule has 0 spiro atoms. The van der Waals surface area contributed by atoms with Gasteiger partial charge in [0.25, 0.3) is 0 Å². The maximum atomic E-state index is 11.4. The van der Waals surface area contributed by atoms with E-state index >= 15 is 0 Å². The van der Waals surface area contributed by atoms with Crippen LogP contribution in [0.4, 0.5) is 0 Å². The van der Waals surface area contributed by atoms with Crippen LogP contribution in [0.1, 0.15) is 44.6 Å². The number of hydrogen-bond acceptors (Lipinski definition) is 2. The van der Waals surface area contributed by atoms with E-state index in [2.05, 4.69) is 18.7 Å². The summed E-state index contributed by atoms with van der Waals surface area (Å²) in [6.45, 7) is 7.89. The number of carbonyl (C=O) groups is 1. The van der Waals surface area contributed by atoms with Crippen LogP contribution in [0.3, 0.4) is 0 Å². The van der Waals surface area contributed by atoms with E-state index < -0.39 is 0 Å². The molecule has 1 aliphatic rings. The quantitative estimate of drug-likeness (QED) is 0.754. The average Bonchev–Trinajstić information content (AvgIpc) is 2.33. The van der Waals surface area contributed by atoms with Crippen molar-refractivity contribution < 1.29 is 9.53 Å². The highest BCUT2D eigenvalue weighted by atomic mass is 16.5. The van der Waals surface area contributed by atoms with Gasteiger partial charge in [0.1, 0.15) is 5.75 Å². The second-order valence-corrected chi connectivity index (χ2v) is 5.20. The van der Waals surface area contributed by atoms with E-state index in [-0.39, 0.29) is 11.9 Å². The first-order chi connectivity index (χ1) is 8.56. The molecular formula is C16H20O2. The Bertz CT molecular complexity index is 443. The third-order valence-electron chi connectivity index (χ3n) is 3.33. The molecule has 96 valence electrons. The molecule has 0 N–H and O–H groups in total. The second-order valence-electron chi connectivity index (χ2n) is 5.20. The average molecular weight is 244 g/mol. The minimum absolute atomic E-state index is 0.197. The Balaban J connectivity index is 2.05. The Morgan fingerprint density at radius 2 is 1.94 bits per heavy atom. The highest BCUT2D eigenvalue weighted by molar-refractivity contribution is 5.95. The number of Topliss-reactive ketones (excluding diaryl/α,β-unsaturated/α-hetero) is 1. The number of ketones is 1. The molecule has 18 heavy (non-hydrogen) atoms. The topological polar surface area (TPSA) is 26.3 Å².